The molecule has 13 heavy (non-hydrogen) atoms. The Balaban J connectivity index is 0. The number of hydrogen-bond acceptors (Lipinski definition) is 2. The summed E-state index contributed by atoms with van der Waals surface area (Å²) in [5.74, 6) is 0. The Morgan fingerprint density at radius 1 is 1.31 bits per heavy atom. The first-order chi connectivity index (χ1) is 5.79. The molecule has 0 spiro atoms. The molecular weight excluding hydrogens is 160 g/mol. The molecule has 0 aliphatic carbocycles. The fourth-order valence-corrected chi connectivity index (χ4v) is 1.01. The average Bonchev–Trinajstić information content (AvgIpc) is 2.11. The maximum Gasteiger partial charge on any atom is 0.0180 e. The summed E-state index contributed by atoms with van der Waals surface area (Å²) in [5, 5.41) is 0. The van der Waals surface area contributed by atoms with Gasteiger partial charge in [-0.05, 0) is 24.5 Å². The van der Waals surface area contributed by atoms with Gasteiger partial charge in [0, 0.05) is 6.54 Å². The minimum absolute atomic E-state index is 0. The normalized spacial score (nSPS) is 11.8. The Morgan fingerprint density at radius 2 is 1.92 bits per heavy atom. The first kappa shape index (κ1) is 14.4. The van der Waals surface area contributed by atoms with Crippen LogP contribution < -0.4 is 11.9 Å². The van der Waals surface area contributed by atoms with E-state index in [1.165, 1.54) is 0 Å². The molecule has 0 radical (unpaired) electrons. The third-order valence-corrected chi connectivity index (χ3v) is 1.61. The molecule has 0 unspecified atom stereocenters. The van der Waals surface area contributed by atoms with Crippen molar-refractivity contribution in [3.63, 3.8) is 0 Å². The van der Waals surface area contributed by atoms with E-state index in [-0.39, 0.29) is 6.15 Å². The van der Waals surface area contributed by atoms with Gasteiger partial charge in [-0.2, -0.15) is 0 Å². The zero-order valence-corrected chi connectivity index (χ0v) is 8.42. The number of rotatable bonds is 5. The Hall–Kier alpha value is -1.12. The lowest BCUT2D eigenvalue weighted by molar-refractivity contribution is 1.12. The van der Waals surface area contributed by atoms with Gasteiger partial charge in [0.25, 0.3) is 0 Å². The molecule has 0 aromatic heterocycles. The predicted octanol–water partition coefficient (Wildman–Crippen LogP) is 2.74. The van der Waals surface area contributed by atoms with Crippen LogP contribution in [0.25, 0.3) is 0 Å². The van der Waals surface area contributed by atoms with Gasteiger partial charge in [-0.3, -0.25) is 0 Å². The first-order valence-electron chi connectivity index (χ1n) is 4.08. The van der Waals surface area contributed by atoms with Crippen molar-refractivity contribution >= 4 is 0 Å². The molecule has 2 nitrogen and oxygen atoms in total. The van der Waals surface area contributed by atoms with Crippen LogP contribution in [-0.2, 0) is 0 Å². The zero-order valence-electron chi connectivity index (χ0n) is 8.42. The molecule has 0 fully saturated rings. The molecule has 5 N–H and O–H groups in total. The van der Waals surface area contributed by atoms with E-state index >= 15 is 0 Å². The van der Waals surface area contributed by atoms with Crippen LogP contribution in [0, 0.1) is 0 Å². The van der Waals surface area contributed by atoms with Gasteiger partial charge >= 0.3 is 0 Å². The van der Waals surface area contributed by atoms with Gasteiger partial charge in [-0.15, -0.1) is 6.58 Å². The van der Waals surface area contributed by atoms with E-state index in [4.69, 9.17) is 5.73 Å². The smallest absolute Gasteiger partial charge is 0.0180 e. The van der Waals surface area contributed by atoms with Crippen LogP contribution in [0.3, 0.4) is 0 Å². The predicted molar refractivity (Wildman–Crippen MR) is 60.9 cm³/mol. The van der Waals surface area contributed by atoms with Gasteiger partial charge < -0.3 is 11.9 Å². The highest BCUT2D eigenvalue weighted by Gasteiger charge is 1.95. The lowest BCUT2D eigenvalue weighted by atomic mass is 10.0. The lowest BCUT2D eigenvalue weighted by Crippen LogP contribution is -2.03. The van der Waals surface area contributed by atoms with Crippen molar-refractivity contribution in [2.75, 3.05) is 6.54 Å². The second-order valence-electron chi connectivity index (χ2n) is 2.45. The maximum absolute atomic E-state index is 5.57. The van der Waals surface area contributed by atoms with Crippen molar-refractivity contribution < 1.29 is 0 Å². The zero-order chi connectivity index (χ0) is 9.40. The number of nitrogens with two attached hydrogens (primary N) is 1. The molecule has 0 rings (SSSR count). The fourth-order valence-electron chi connectivity index (χ4n) is 1.01. The molecule has 0 atom stereocenters. The Morgan fingerprint density at radius 3 is 2.23 bits per heavy atom. The van der Waals surface area contributed by atoms with Crippen molar-refractivity contribution in [3.8, 4) is 0 Å². The van der Waals surface area contributed by atoms with Crippen molar-refractivity contribution in [1.29, 1.82) is 0 Å². The highest BCUT2D eigenvalue weighted by Crippen LogP contribution is 2.10. The molecule has 0 aromatic rings. The Labute approximate surface area is 81.1 Å². The quantitative estimate of drug-likeness (QED) is 0.505. The minimum Gasteiger partial charge on any atom is -0.344 e. The van der Waals surface area contributed by atoms with E-state index in [1.807, 2.05) is 31.2 Å². The van der Waals surface area contributed by atoms with Crippen LogP contribution in [0.4, 0.5) is 0 Å². The van der Waals surface area contributed by atoms with Gasteiger partial charge in [-0.25, -0.2) is 0 Å². The molecule has 0 saturated carbocycles. The van der Waals surface area contributed by atoms with E-state index in [9.17, 15) is 0 Å². The lowest BCUT2D eigenvalue weighted by Gasteiger charge is -2.03. The van der Waals surface area contributed by atoms with Crippen molar-refractivity contribution in [1.82, 2.24) is 6.15 Å². The fraction of sp³-hybridized carbons (Fsp3) is 0.273. The monoisotopic (exact) mass is 180 g/mol. The average molecular weight is 180 g/mol. The summed E-state index contributed by atoms with van der Waals surface area (Å²) < 4.78 is 0. The van der Waals surface area contributed by atoms with E-state index in [2.05, 4.69) is 13.2 Å². The molecule has 0 aliphatic heterocycles. The van der Waals surface area contributed by atoms with Gasteiger partial charge in [0.15, 0.2) is 0 Å². The van der Waals surface area contributed by atoms with Crippen LogP contribution in [0.15, 0.2) is 48.6 Å². The highest BCUT2D eigenvalue weighted by atomic mass is 14.5. The van der Waals surface area contributed by atoms with Crippen molar-refractivity contribution in [2.45, 2.75) is 13.3 Å². The number of allylic oxidation sites excluding steroid dienone is 4. The summed E-state index contributed by atoms with van der Waals surface area (Å²) in [6.07, 6.45) is 8.52. The van der Waals surface area contributed by atoms with Crippen molar-refractivity contribution in [3.05, 3.63) is 48.6 Å². The standard InChI is InChI=1S/C11H17N.H3N/c1-4-7-10(6-3)11(9-12)8-5-2;/h4-6,8H,1,3,7,9,12H2,2H3;1H3/b8-5-,11-10+;. The van der Waals surface area contributed by atoms with Gasteiger partial charge in [0.2, 0.25) is 0 Å². The van der Waals surface area contributed by atoms with E-state index in [1.54, 1.807) is 0 Å². The second-order valence-corrected chi connectivity index (χ2v) is 2.45. The largest absolute Gasteiger partial charge is 0.344 e. The Kier molecular flexibility index (Phi) is 9.94. The van der Waals surface area contributed by atoms with E-state index < -0.39 is 0 Å². The summed E-state index contributed by atoms with van der Waals surface area (Å²) in [7, 11) is 0. The molecule has 0 aliphatic rings. The van der Waals surface area contributed by atoms with Gasteiger partial charge in [0.1, 0.15) is 0 Å². The van der Waals surface area contributed by atoms with Crippen LogP contribution in [0.2, 0.25) is 0 Å². The highest BCUT2D eigenvalue weighted by molar-refractivity contribution is 5.34. The van der Waals surface area contributed by atoms with Gasteiger partial charge in [-0.1, -0.05) is 30.9 Å². The van der Waals surface area contributed by atoms with E-state index in [0.29, 0.717) is 6.54 Å². The molecule has 0 heterocycles. The third-order valence-electron chi connectivity index (χ3n) is 1.61. The summed E-state index contributed by atoms with van der Waals surface area (Å²) in [4.78, 5) is 0. The van der Waals surface area contributed by atoms with Crippen LogP contribution in [0.1, 0.15) is 13.3 Å². The molecule has 0 bridgehead atoms. The number of hydrogen-bond donors (Lipinski definition) is 2. The Bertz CT molecular complexity index is 212. The van der Waals surface area contributed by atoms with Crippen LogP contribution >= 0.6 is 0 Å². The summed E-state index contributed by atoms with van der Waals surface area (Å²) in [6.45, 7) is 9.95. The van der Waals surface area contributed by atoms with Crippen LogP contribution in [-0.4, -0.2) is 6.54 Å². The summed E-state index contributed by atoms with van der Waals surface area (Å²) in [6, 6.07) is 0. The summed E-state index contributed by atoms with van der Waals surface area (Å²) >= 11 is 0. The van der Waals surface area contributed by atoms with E-state index in [0.717, 1.165) is 17.6 Å². The SMILES string of the molecule is C=CC/C(C=C)=C(\C=C/C)CN.N. The second kappa shape index (κ2) is 8.97. The molecule has 0 aromatic carbocycles. The molecule has 2 heteroatoms. The molecule has 0 amide bonds. The van der Waals surface area contributed by atoms with Crippen LogP contribution in [0.5, 0.6) is 0 Å². The minimum atomic E-state index is 0. The van der Waals surface area contributed by atoms with Gasteiger partial charge in [0.05, 0.1) is 0 Å². The maximum atomic E-state index is 5.57. The first-order valence-corrected chi connectivity index (χ1v) is 4.08. The molecule has 74 valence electrons. The topological polar surface area (TPSA) is 61.0 Å². The summed E-state index contributed by atoms with van der Waals surface area (Å²) in [5.41, 5.74) is 7.86. The van der Waals surface area contributed by atoms with Crippen molar-refractivity contribution in [2.24, 2.45) is 5.73 Å². The molecular formula is C11H20N2. The molecule has 0 saturated heterocycles. The third kappa shape index (κ3) is 5.17.